The van der Waals surface area contributed by atoms with Gasteiger partial charge in [-0.05, 0) is 6.07 Å². The quantitative estimate of drug-likeness (QED) is 0.796. The van der Waals surface area contributed by atoms with Crippen molar-refractivity contribution in [2.45, 2.75) is 5.92 Å². The summed E-state index contributed by atoms with van der Waals surface area (Å²) in [6.45, 7) is 0.445. The topological polar surface area (TPSA) is 60.9 Å². The van der Waals surface area contributed by atoms with E-state index in [1.165, 1.54) is 4.90 Å². The van der Waals surface area contributed by atoms with Crippen molar-refractivity contribution in [3.05, 3.63) is 29.8 Å². The van der Waals surface area contributed by atoms with Crippen LogP contribution in [0.15, 0.2) is 24.3 Å². The molecule has 0 aromatic heterocycles. The van der Waals surface area contributed by atoms with Crippen LogP contribution in [0.4, 0.5) is 0 Å². The Morgan fingerprint density at radius 3 is 2.58 bits per heavy atom. The van der Waals surface area contributed by atoms with Crippen molar-refractivity contribution < 1.29 is 14.7 Å². The second kappa shape index (κ2) is 4.91. The van der Waals surface area contributed by atoms with Gasteiger partial charge in [-0.3, -0.25) is 9.59 Å². The monoisotopic (exact) mass is 262 g/mol. The predicted molar refractivity (Wildman–Crippen MR) is 70.7 cm³/mol. The van der Waals surface area contributed by atoms with Crippen molar-refractivity contribution >= 4 is 11.8 Å². The van der Waals surface area contributed by atoms with Crippen molar-refractivity contribution in [2.24, 2.45) is 5.92 Å². The number of aromatic hydroxyl groups is 1. The number of rotatable bonds is 2. The fourth-order valence-electron chi connectivity index (χ4n) is 2.53. The molecule has 0 bridgehead atoms. The minimum Gasteiger partial charge on any atom is -0.508 e. The van der Waals surface area contributed by atoms with Crippen LogP contribution in [-0.4, -0.2) is 54.4 Å². The SMILES string of the molecule is CN(C)C(=O)[C@H]1C(=O)N(C)C[C@@H]1c1ccccc1O. The first kappa shape index (κ1) is 13.4. The molecule has 1 heterocycles. The zero-order valence-corrected chi connectivity index (χ0v) is 11.3. The van der Waals surface area contributed by atoms with Gasteiger partial charge in [-0.25, -0.2) is 0 Å². The van der Waals surface area contributed by atoms with E-state index >= 15 is 0 Å². The smallest absolute Gasteiger partial charge is 0.235 e. The lowest BCUT2D eigenvalue weighted by Crippen LogP contribution is -2.36. The van der Waals surface area contributed by atoms with Gasteiger partial charge < -0.3 is 14.9 Å². The molecule has 5 nitrogen and oxygen atoms in total. The van der Waals surface area contributed by atoms with E-state index in [0.717, 1.165) is 0 Å². The van der Waals surface area contributed by atoms with Gasteiger partial charge in [0.2, 0.25) is 11.8 Å². The molecule has 1 N–H and O–H groups in total. The number of carbonyl (C=O) groups excluding carboxylic acids is 2. The highest BCUT2D eigenvalue weighted by Crippen LogP contribution is 2.37. The van der Waals surface area contributed by atoms with Crippen LogP contribution in [0.1, 0.15) is 11.5 Å². The molecular weight excluding hydrogens is 244 g/mol. The summed E-state index contributed by atoms with van der Waals surface area (Å²) in [6, 6.07) is 6.87. The maximum absolute atomic E-state index is 12.2. The van der Waals surface area contributed by atoms with E-state index in [4.69, 9.17) is 0 Å². The first-order valence-electron chi connectivity index (χ1n) is 6.17. The number of phenolic OH excluding ortho intramolecular Hbond substituents is 1. The molecule has 102 valence electrons. The number of likely N-dealkylation sites (tertiary alicyclic amines) is 1. The summed E-state index contributed by atoms with van der Waals surface area (Å²) in [5.41, 5.74) is 0.653. The van der Waals surface area contributed by atoms with Crippen molar-refractivity contribution in [3.8, 4) is 5.75 Å². The number of phenols is 1. The Morgan fingerprint density at radius 2 is 2.00 bits per heavy atom. The molecule has 1 aliphatic heterocycles. The standard InChI is InChI=1S/C14H18N2O3/c1-15(2)13(18)12-10(8-16(3)14(12)19)9-6-4-5-7-11(9)17/h4-7,10,12,17H,8H2,1-3H3/t10-,12+/m1/s1. The lowest BCUT2D eigenvalue weighted by molar-refractivity contribution is -0.141. The van der Waals surface area contributed by atoms with Crippen molar-refractivity contribution in [3.63, 3.8) is 0 Å². The van der Waals surface area contributed by atoms with Gasteiger partial charge in [0.1, 0.15) is 11.7 Å². The molecule has 0 spiro atoms. The molecule has 0 saturated carbocycles. The Labute approximate surface area is 112 Å². The lowest BCUT2D eigenvalue weighted by Gasteiger charge is -2.20. The zero-order chi connectivity index (χ0) is 14.2. The second-order valence-corrected chi connectivity index (χ2v) is 5.09. The van der Waals surface area contributed by atoms with Crippen LogP contribution in [0.2, 0.25) is 0 Å². The third kappa shape index (κ3) is 2.28. The second-order valence-electron chi connectivity index (χ2n) is 5.09. The van der Waals surface area contributed by atoms with Gasteiger partial charge >= 0.3 is 0 Å². The number of carbonyl (C=O) groups is 2. The zero-order valence-electron chi connectivity index (χ0n) is 11.3. The maximum Gasteiger partial charge on any atom is 0.235 e. The van der Waals surface area contributed by atoms with Crippen LogP contribution in [0, 0.1) is 5.92 Å². The minimum absolute atomic E-state index is 0.132. The van der Waals surface area contributed by atoms with E-state index in [-0.39, 0.29) is 23.5 Å². The maximum atomic E-state index is 12.2. The van der Waals surface area contributed by atoms with Crippen molar-refractivity contribution in [1.82, 2.24) is 9.80 Å². The largest absolute Gasteiger partial charge is 0.508 e. The number of hydrogen-bond donors (Lipinski definition) is 1. The molecular formula is C14H18N2O3. The minimum atomic E-state index is -0.742. The molecule has 0 radical (unpaired) electrons. The number of nitrogens with zero attached hydrogens (tertiary/aromatic N) is 2. The summed E-state index contributed by atoms with van der Waals surface area (Å²) in [7, 11) is 4.95. The molecule has 2 rings (SSSR count). The Kier molecular flexibility index (Phi) is 3.46. The highest BCUT2D eigenvalue weighted by molar-refractivity contribution is 6.02. The number of hydrogen-bond acceptors (Lipinski definition) is 3. The molecule has 1 saturated heterocycles. The van der Waals surface area contributed by atoms with Crippen molar-refractivity contribution in [1.29, 1.82) is 0 Å². The summed E-state index contributed by atoms with van der Waals surface area (Å²) in [6.07, 6.45) is 0. The van der Waals surface area contributed by atoms with Gasteiger partial charge in [-0.15, -0.1) is 0 Å². The Balaban J connectivity index is 2.41. The van der Waals surface area contributed by atoms with Crippen LogP contribution in [-0.2, 0) is 9.59 Å². The van der Waals surface area contributed by atoms with Crippen LogP contribution >= 0.6 is 0 Å². The highest BCUT2D eigenvalue weighted by Gasteiger charge is 2.45. The first-order valence-corrected chi connectivity index (χ1v) is 6.17. The van der Waals surface area contributed by atoms with Gasteiger partial charge in [0, 0.05) is 39.2 Å². The van der Waals surface area contributed by atoms with Crippen LogP contribution in [0.3, 0.4) is 0 Å². The van der Waals surface area contributed by atoms with Gasteiger partial charge in [0.05, 0.1) is 0 Å². The Bertz CT molecular complexity index is 513. The van der Waals surface area contributed by atoms with E-state index < -0.39 is 5.92 Å². The molecule has 1 aromatic rings. The summed E-state index contributed by atoms with van der Waals surface area (Å²) < 4.78 is 0. The number of amides is 2. The molecule has 19 heavy (non-hydrogen) atoms. The van der Waals surface area contributed by atoms with Gasteiger partial charge in [0.15, 0.2) is 0 Å². The van der Waals surface area contributed by atoms with Crippen LogP contribution in [0.5, 0.6) is 5.75 Å². The molecule has 0 aliphatic carbocycles. The number of likely N-dealkylation sites (N-methyl/N-ethyl adjacent to an activating group) is 1. The molecule has 1 aliphatic rings. The molecule has 1 fully saturated rings. The van der Waals surface area contributed by atoms with E-state index in [1.807, 2.05) is 0 Å². The third-order valence-electron chi connectivity index (χ3n) is 3.56. The normalized spacial score (nSPS) is 22.7. The average molecular weight is 262 g/mol. The highest BCUT2D eigenvalue weighted by atomic mass is 16.3. The lowest BCUT2D eigenvalue weighted by atomic mass is 9.87. The van der Waals surface area contributed by atoms with Crippen LogP contribution in [0.25, 0.3) is 0 Å². The van der Waals surface area contributed by atoms with Crippen molar-refractivity contribution in [2.75, 3.05) is 27.7 Å². The number of benzene rings is 1. The van der Waals surface area contributed by atoms with E-state index in [9.17, 15) is 14.7 Å². The van der Waals surface area contributed by atoms with Gasteiger partial charge in [-0.2, -0.15) is 0 Å². The summed E-state index contributed by atoms with van der Waals surface area (Å²) >= 11 is 0. The third-order valence-corrected chi connectivity index (χ3v) is 3.56. The van der Waals surface area contributed by atoms with E-state index in [0.29, 0.717) is 12.1 Å². The summed E-state index contributed by atoms with van der Waals surface area (Å²) in [4.78, 5) is 27.3. The van der Waals surface area contributed by atoms with E-state index in [2.05, 4.69) is 0 Å². The Morgan fingerprint density at radius 1 is 1.37 bits per heavy atom. The molecule has 0 unspecified atom stereocenters. The van der Waals surface area contributed by atoms with Crippen LogP contribution < -0.4 is 0 Å². The Hall–Kier alpha value is -2.04. The van der Waals surface area contributed by atoms with Gasteiger partial charge in [-0.1, -0.05) is 18.2 Å². The summed E-state index contributed by atoms with van der Waals surface area (Å²) in [5.74, 6) is -1.32. The average Bonchev–Trinajstić information content (AvgIpc) is 2.65. The molecule has 2 atom stereocenters. The molecule has 5 heteroatoms. The summed E-state index contributed by atoms with van der Waals surface area (Å²) in [5, 5.41) is 9.93. The fraction of sp³-hybridized carbons (Fsp3) is 0.429. The molecule has 2 amide bonds. The first-order chi connectivity index (χ1) is 8.93. The molecule has 1 aromatic carbocycles. The van der Waals surface area contributed by atoms with Gasteiger partial charge in [0.25, 0.3) is 0 Å². The predicted octanol–water partition coefficient (Wildman–Crippen LogP) is 0.652. The number of para-hydroxylation sites is 1. The fourth-order valence-corrected chi connectivity index (χ4v) is 2.53. The van der Waals surface area contributed by atoms with E-state index in [1.54, 1.807) is 50.3 Å².